The molecule has 1 heteroatoms. The first-order valence-corrected chi connectivity index (χ1v) is 6.39. The zero-order valence-electron chi connectivity index (χ0n) is 10.7. The summed E-state index contributed by atoms with van der Waals surface area (Å²) in [5.74, 6) is 0.817. The third kappa shape index (κ3) is 2.65. The van der Waals surface area contributed by atoms with Crippen LogP contribution in [0.15, 0.2) is 24.3 Å². The molecule has 1 saturated carbocycles. The molecule has 0 atom stereocenters. The molecule has 0 saturated heterocycles. The molecule has 16 heavy (non-hydrogen) atoms. The third-order valence-corrected chi connectivity index (χ3v) is 4.01. The van der Waals surface area contributed by atoms with Gasteiger partial charge >= 0.3 is 0 Å². The molecule has 1 aromatic rings. The van der Waals surface area contributed by atoms with Crippen molar-refractivity contribution in [3.8, 4) is 0 Å². The van der Waals surface area contributed by atoms with Crippen molar-refractivity contribution >= 4 is 0 Å². The van der Waals surface area contributed by atoms with Gasteiger partial charge in [-0.3, -0.25) is 0 Å². The minimum Gasteiger partial charge on any atom is -0.312 e. The van der Waals surface area contributed by atoms with Crippen molar-refractivity contribution in [2.75, 3.05) is 6.54 Å². The maximum atomic E-state index is 3.61. The molecule has 0 aliphatic heterocycles. The van der Waals surface area contributed by atoms with Crippen LogP contribution in [0.4, 0.5) is 0 Å². The van der Waals surface area contributed by atoms with Crippen molar-refractivity contribution in [1.82, 2.24) is 5.32 Å². The highest BCUT2D eigenvalue weighted by molar-refractivity contribution is 5.22. The highest BCUT2D eigenvalue weighted by Gasteiger charge is 2.44. The summed E-state index contributed by atoms with van der Waals surface area (Å²) >= 11 is 0. The Hall–Kier alpha value is -0.820. The van der Waals surface area contributed by atoms with Gasteiger partial charge in [-0.15, -0.1) is 0 Å². The summed E-state index contributed by atoms with van der Waals surface area (Å²) in [6, 6.07) is 8.76. The third-order valence-electron chi connectivity index (χ3n) is 4.01. The topological polar surface area (TPSA) is 12.0 Å². The summed E-state index contributed by atoms with van der Waals surface area (Å²) in [5, 5.41) is 3.61. The summed E-state index contributed by atoms with van der Waals surface area (Å²) in [4.78, 5) is 0. The quantitative estimate of drug-likeness (QED) is 0.795. The molecular formula is C15H23N. The second kappa shape index (κ2) is 4.58. The molecule has 1 aliphatic carbocycles. The molecule has 1 nitrogen and oxygen atoms in total. The van der Waals surface area contributed by atoms with E-state index in [2.05, 4.69) is 50.4 Å². The molecule has 1 fully saturated rings. The molecule has 0 aromatic heterocycles. The van der Waals surface area contributed by atoms with E-state index in [1.165, 1.54) is 30.5 Å². The average molecular weight is 217 g/mol. The van der Waals surface area contributed by atoms with Crippen LogP contribution in [0.2, 0.25) is 0 Å². The normalized spacial score (nSPS) is 17.8. The van der Waals surface area contributed by atoms with Crippen LogP contribution < -0.4 is 5.32 Å². The molecule has 1 N–H and O–H groups in total. The van der Waals surface area contributed by atoms with Crippen LogP contribution in [0.3, 0.4) is 0 Å². The molecule has 0 amide bonds. The smallest absolute Gasteiger partial charge is 0.0205 e. The van der Waals surface area contributed by atoms with Crippen molar-refractivity contribution in [3.63, 3.8) is 0 Å². The van der Waals surface area contributed by atoms with Crippen molar-refractivity contribution in [3.05, 3.63) is 35.4 Å². The Morgan fingerprint density at radius 2 is 2.06 bits per heavy atom. The van der Waals surface area contributed by atoms with Crippen molar-refractivity contribution in [2.45, 2.75) is 40.2 Å². The van der Waals surface area contributed by atoms with Gasteiger partial charge in [-0.05, 0) is 36.7 Å². The SMILES string of the molecule is Cc1cccc(CNCC2(C(C)C)CC2)c1. The summed E-state index contributed by atoms with van der Waals surface area (Å²) in [6.45, 7) is 9.04. The van der Waals surface area contributed by atoms with Crippen LogP contribution >= 0.6 is 0 Å². The fraction of sp³-hybridized carbons (Fsp3) is 0.600. The Bertz CT molecular complexity index is 350. The number of hydrogen-bond acceptors (Lipinski definition) is 1. The van der Waals surface area contributed by atoms with Gasteiger partial charge in [0.25, 0.3) is 0 Å². The zero-order valence-corrected chi connectivity index (χ0v) is 10.7. The van der Waals surface area contributed by atoms with Crippen LogP contribution in [0.25, 0.3) is 0 Å². The zero-order chi connectivity index (χ0) is 11.6. The Morgan fingerprint density at radius 3 is 2.62 bits per heavy atom. The lowest BCUT2D eigenvalue weighted by atomic mass is 9.92. The predicted octanol–water partition coefficient (Wildman–Crippen LogP) is 3.52. The van der Waals surface area contributed by atoms with E-state index in [4.69, 9.17) is 0 Å². The minimum atomic E-state index is 0.615. The van der Waals surface area contributed by atoms with Crippen LogP contribution in [0, 0.1) is 18.3 Å². The predicted molar refractivity (Wildman–Crippen MR) is 69.4 cm³/mol. The van der Waals surface area contributed by atoms with Gasteiger partial charge in [-0.25, -0.2) is 0 Å². The van der Waals surface area contributed by atoms with E-state index >= 15 is 0 Å². The largest absolute Gasteiger partial charge is 0.312 e. The molecule has 0 unspecified atom stereocenters. The first kappa shape index (κ1) is 11.7. The monoisotopic (exact) mass is 217 g/mol. The van der Waals surface area contributed by atoms with Crippen LogP contribution in [0.1, 0.15) is 37.8 Å². The molecule has 0 heterocycles. The first-order chi connectivity index (χ1) is 7.62. The number of hydrogen-bond donors (Lipinski definition) is 1. The second-order valence-corrected chi connectivity index (χ2v) is 5.61. The average Bonchev–Trinajstić information content (AvgIpc) is 2.99. The van der Waals surface area contributed by atoms with E-state index in [-0.39, 0.29) is 0 Å². The Kier molecular flexibility index (Phi) is 3.34. The van der Waals surface area contributed by atoms with Gasteiger partial charge in [0.2, 0.25) is 0 Å². The van der Waals surface area contributed by atoms with Crippen LogP contribution in [-0.4, -0.2) is 6.54 Å². The maximum Gasteiger partial charge on any atom is 0.0205 e. The molecule has 0 spiro atoms. The van der Waals surface area contributed by atoms with E-state index in [1.807, 2.05) is 0 Å². The van der Waals surface area contributed by atoms with Crippen molar-refractivity contribution in [1.29, 1.82) is 0 Å². The minimum absolute atomic E-state index is 0.615. The summed E-state index contributed by atoms with van der Waals surface area (Å²) in [7, 11) is 0. The lowest BCUT2D eigenvalue weighted by molar-refractivity contribution is 0.338. The van der Waals surface area contributed by atoms with Gasteiger partial charge < -0.3 is 5.32 Å². The van der Waals surface area contributed by atoms with Crippen molar-refractivity contribution in [2.24, 2.45) is 11.3 Å². The van der Waals surface area contributed by atoms with E-state index in [0.29, 0.717) is 5.41 Å². The lowest BCUT2D eigenvalue weighted by Gasteiger charge is -2.20. The molecular weight excluding hydrogens is 194 g/mol. The molecule has 88 valence electrons. The summed E-state index contributed by atoms with van der Waals surface area (Å²) < 4.78 is 0. The fourth-order valence-corrected chi connectivity index (χ4v) is 2.40. The number of rotatable bonds is 5. The van der Waals surface area contributed by atoms with Gasteiger partial charge in [-0.1, -0.05) is 43.7 Å². The summed E-state index contributed by atoms with van der Waals surface area (Å²) in [6.07, 6.45) is 2.82. The van der Waals surface area contributed by atoms with E-state index in [9.17, 15) is 0 Å². The van der Waals surface area contributed by atoms with Crippen molar-refractivity contribution < 1.29 is 0 Å². The van der Waals surface area contributed by atoms with E-state index < -0.39 is 0 Å². The van der Waals surface area contributed by atoms with Gasteiger partial charge in [0.1, 0.15) is 0 Å². The fourth-order valence-electron chi connectivity index (χ4n) is 2.40. The Morgan fingerprint density at radius 1 is 1.31 bits per heavy atom. The van der Waals surface area contributed by atoms with Gasteiger partial charge in [-0.2, -0.15) is 0 Å². The second-order valence-electron chi connectivity index (χ2n) is 5.61. The molecule has 0 radical (unpaired) electrons. The Balaban J connectivity index is 1.80. The first-order valence-electron chi connectivity index (χ1n) is 6.39. The van der Waals surface area contributed by atoms with Gasteiger partial charge in [0, 0.05) is 13.1 Å². The van der Waals surface area contributed by atoms with Gasteiger partial charge in [0.15, 0.2) is 0 Å². The standard InChI is InChI=1S/C15H23N/c1-12(2)15(7-8-15)11-16-10-14-6-4-5-13(3)9-14/h4-6,9,12,16H,7-8,10-11H2,1-3H3. The van der Waals surface area contributed by atoms with E-state index in [1.54, 1.807) is 0 Å². The van der Waals surface area contributed by atoms with Crippen LogP contribution in [0.5, 0.6) is 0 Å². The number of nitrogens with one attached hydrogen (secondary N) is 1. The maximum absolute atomic E-state index is 3.61. The number of benzene rings is 1. The van der Waals surface area contributed by atoms with Gasteiger partial charge in [0.05, 0.1) is 0 Å². The molecule has 1 aromatic carbocycles. The molecule has 1 aliphatic rings. The highest BCUT2D eigenvalue weighted by atomic mass is 14.9. The Labute approximate surface area is 99.3 Å². The number of aryl methyl sites for hydroxylation is 1. The lowest BCUT2D eigenvalue weighted by Crippen LogP contribution is -2.27. The molecule has 0 bridgehead atoms. The highest BCUT2D eigenvalue weighted by Crippen LogP contribution is 2.51. The van der Waals surface area contributed by atoms with Crippen LogP contribution in [-0.2, 0) is 6.54 Å². The molecule has 2 rings (SSSR count). The summed E-state index contributed by atoms with van der Waals surface area (Å²) in [5.41, 5.74) is 3.37. The van der Waals surface area contributed by atoms with E-state index in [0.717, 1.165) is 12.5 Å².